The van der Waals surface area contributed by atoms with Crippen LogP contribution in [0.5, 0.6) is 0 Å². The van der Waals surface area contributed by atoms with E-state index in [0.717, 1.165) is 38.4 Å². The Labute approximate surface area is 141 Å². The van der Waals surface area contributed by atoms with E-state index >= 15 is 0 Å². The summed E-state index contributed by atoms with van der Waals surface area (Å²) >= 11 is 0. The van der Waals surface area contributed by atoms with E-state index in [0.29, 0.717) is 5.69 Å². The van der Waals surface area contributed by atoms with Gasteiger partial charge in [-0.1, -0.05) is 42.5 Å². The first kappa shape index (κ1) is 16.4. The SMILES string of the molecule is O=[N+]([O-])c1ccccc1NC(CN1CCOCC1)c1ccccc1. The fourth-order valence-corrected chi connectivity index (χ4v) is 2.90. The Hall–Kier alpha value is -2.44. The quantitative estimate of drug-likeness (QED) is 0.652. The number of nitrogens with zero attached hydrogens (tertiary/aromatic N) is 2. The molecule has 2 aromatic carbocycles. The summed E-state index contributed by atoms with van der Waals surface area (Å²) in [6.45, 7) is 3.99. The van der Waals surface area contributed by atoms with E-state index in [-0.39, 0.29) is 16.7 Å². The zero-order valence-electron chi connectivity index (χ0n) is 13.4. The minimum atomic E-state index is -0.348. The minimum absolute atomic E-state index is 0.0228. The van der Waals surface area contributed by atoms with Crippen LogP contribution < -0.4 is 5.32 Å². The third kappa shape index (κ3) is 4.10. The van der Waals surface area contributed by atoms with Crippen LogP contribution in [0.25, 0.3) is 0 Å². The lowest BCUT2D eigenvalue weighted by atomic mass is 10.1. The number of nitrogens with one attached hydrogen (secondary N) is 1. The summed E-state index contributed by atoms with van der Waals surface area (Å²) in [6.07, 6.45) is 0. The maximum absolute atomic E-state index is 11.3. The molecular formula is C18H21N3O3. The highest BCUT2D eigenvalue weighted by atomic mass is 16.6. The fraction of sp³-hybridized carbons (Fsp3) is 0.333. The number of benzene rings is 2. The summed E-state index contributed by atoms with van der Waals surface area (Å²) in [5, 5.41) is 14.6. The molecule has 1 N–H and O–H groups in total. The van der Waals surface area contributed by atoms with E-state index in [1.807, 2.05) is 36.4 Å². The van der Waals surface area contributed by atoms with Crippen molar-refractivity contribution in [1.82, 2.24) is 4.90 Å². The number of morpholine rings is 1. The van der Waals surface area contributed by atoms with Gasteiger partial charge in [0.1, 0.15) is 5.69 Å². The first-order valence-corrected chi connectivity index (χ1v) is 8.09. The van der Waals surface area contributed by atoms with Gasteiger partial charge in [-0.2, -0.15) is 0 Å². The fourth-order valence-electron chi connectivity index (χ4n) is 2.90. The van der Waals surface area contributed by atoms with E-state index in [1.54, 1.807) is 12.1 Å². The highest BCUT2D eigenvalue weighted by molar-refractivity contribution is 5.62. The second-order valence-electron chi connectivity index (χ2n) is 5.79. The molecule has 1 saturated heterocycles. The molecule has 0 aliphatic carbocycles. The number of ether oxygens (including phenoxy) is 1. The average Bonchev–Trinajstić information content (AvgIpc) is 2.63. The number of para-hydroxylation sites is 2. The van der Waals surface area contributed by atoms with Gasteiger partial charge < -0.3 is 10.1 Å². The molecule has 1 heterocycles. The number of nitro groups is 1. The first-order chi connectivity index (χ1) is 11.7. The van der Waals surface area contributed by atoms with E-state index in [1.165, 1.54) is 6.07 Å². The summed E-state index contributed by atoms with van der Waals surface area (Å²) in [7, 11) is 0. The Bertz CT molecular complexity index is 672. The van der Waals surface area contributed by atoms with Crippen LogP contribution >= 0.6 is 0 Å². The van der Waals surface area contributed by atoms with Crippen molar-refractivity contribution in [3.05, 3.63) is 70.3 Å². The number of anilines is 1. The van der Waals surface area contributed by atoms with Crippen LogP contribution in [-0.2, 0) is 4.74 Å². The van der Waals surface area contributed by atoms with Crippen LogP contribution in [0, 0.1) is 10.1 Å². The second kappa shape index (κ2) is 7.90. The Kier molecular flexibility index (Phi) is 5.40. The lowest BCUT2D eigenvalue weighted by molar-refractivity contribution is -0.384. The molecule has 0 aromatic heterocycles. The molecular weight excluding hydrogens is 306 g/mol. The molecule has 6 nitrogen and oxygen atoms in total. The molecule has 3 rings (SSSR count). The van der Waals surface area contributed by atoms with E-state index in [9.17, 15) is 10.1 Å². The standard InChI is InChI=1S/C18H21N3O3/c22-21(23)18-9-5-4-8-16(18)19-17(15-6-2-1-3-7-15)14-20-10-12-24-13-11-20/h1-9,17,19H,10-14H2. The molecule has 0 bridgehead atoms. The van der Waals surface area contributed by atoms with Gasteiger partial charge in [0, 0.05) is 25.7 Å². The van der Waals surface area contributed by atoms with Gasteiger partial charge in [-0.25, -0.2) is 0 Å². The lowest BCUT2D eigenvalue weighted by Crippen LogP contribution is -2.40. The normalized spacial score (nSPS) is 16.5. The molecule has 1 atom stereocenters. The molecule has 0 amide bonds. The summed E-state index contributed by atoms with van der Waals surface area (Å²) in [5.74, 6) is 0. The highest BCUT2D eigenvalue weighted by Crippen LogP contribution is 2.28. The number of hydrogen-bond acceptors (Lipinski definition) is 5. The van der Waals surface area contributed by atoms with Crippen molar-refractivity contribution in [3.63, 3.8) is 0 Å². The van der Waals surface area contributed by atoms with Gasteiger partial charge in [0.05, 0.1) is 24.2 Å². The molecule has 0 saturated carbocycles. The minimum Gasteiger partial charge on any atom is -0.379 e. The van der Waals surface area contributed by atoms with Crippen LogP contribution in [-0.4, -0.2) is 42.7 Å². The summed E-state index contributed by atoms with van der Waals surface area (Å²) in [4.78, 5) is 13.2. The number of hydrogen-bond donors (Lipinski definition) is 1. The van der Waals surface area contributed by atoms with Crippen LogP contribution in [0.15, 0.2) is 54.6 Å². The topological polar surface area (TPSA) is 67.6 Å². The van der Waals surface area contributed by atoms with Crippen molar-refractivity contribution in [2.24, 2.45) is 0 Å². The lowest BCUT2D eigenvalue weighted by Gasteiger charge is -2.31. The van der Waals surface area contributed by atoms with Gasteiger partial charge in [0.2, 0.25) is 0 Å². The molecule has 1 unspecified atom stereocenters. The smallest absolute Gasteiger partial charge is 0.292 e. The maximum Gasteiger partial charge on any atom is 0.292 e. The monoisotopic (exact) mass is 327 g/mol. The van der Waals surface area contributed by atoms with E-state index in [2.05, 4.69) is 10.2 Å². The Morgan fingerprint density at radius 3 is 2.46 bits per heavy atom. The van der Waals surface area contributed by atoms with Crippen molar-refractivity contribution < 1.29 is 9.66 Å². The Morgan fingerprint density at radius 1 is 1.08 bits per heavy atom. The van der Waals surface area contributed by atoms with Gasteiger partial charge in [0.15, 0.2) is 0 Å². The molecule has 0 radical (unpaired) electrons. The summed E-state index contributed by atoms with van der Waals surface area (Å²) in [6, 6.07) is 16.8. The number of rotatable bonds is 6. The third-order valence-electron chi connectivity index (χ3n) is 4.18. The number of nitro benzene ring substituents is 1. The molecule has 6 heteroatoms. The summed E-state index contributed by atoms with van der Waals surface area (Å²) in [5.41, 5.74) is 1.76. The molecule has 1 aliphatic rings. The average molecular weight is 327 g/mol. The zero-order valence-corrected chi connectivity index (χ0v) is 13.4. The first-order valence-electron chi connectivity index (χ1n) is 8.09. The Balaban J connectivity index is 1.83. The predicted molar refractivity (Wildman–Crippen MR) is 93.2 cm³/mol. The van der Waals surface area contributed by atoms with Gasteiger partial charge in [0.25, 0.3) is 5.69 Å². The molecule has 1 aliphatic heterocycles. The van der Waals surface area contributed by atoms with Crippen LogP contribution in [0.3, 0.4) is 0 Å². The third-order valence-corrected chi connectivity index (χ3v) is 4.18. The van der Waals surface area contributed by atoms with E-state index in [4.69, 9.17) is 4.74 Å². The van der Waals surface area contributed by atoms with Crippen LogP contribution in [0.1, 0.15) is 11.6 Å². The maximum atomic E-state index is 11.3. The van der Waals surface area contributed by atoms with Crippen molar-refractivity contribution >= 4 is 11.4 Å². The molecule has 1 fully saturated rings. The predicted octanol–water partition coefficient (Wildman–Crippen LogP) is 3.08. The van der Waals surface area contributed by atoms with Gasteiger partial charge >= 0.3 is 0 Å². The molecule has 24 heavy (non-hydrogen) atoms. The van der Waals surface area contributed by atoms with Crippen LogP contribution in [0.4, 0.5) is 11.4 Å². The van der Waals surface area contributed by atoms with Crippen molar-refractivity contribution in [2.75, 3.05) is 38.2 Å². The van der Waals surface area contributed by atoms with Crippen molar-refractivity contribution in [1.29, 1.82) is 0 Å². The van der Waals surface area contributed by atoms with Gasteiger partial charge in [-0.3, -0.25) is 15.0 Å². The van der Waals surface area contributed by atoms with Crippen molar-refractivity contribution in [2.45, 2.75) is 6.04 Å². The Morgan fingerprint density at radius 2 is 1.75 bits per heavy atom. The van der Waals surface area contributed by atoms with E-state index < -0.39 is 0 Å². The van der Waals surface area contributed by atoms with Gasteiger partial charge in [-0.15, -0.1) is 0 Å². The highest BCUT2D eigenvalue weighted by Gasteiger charge is 2.21. The zero-order chi connectivity index (χ0) is 16.8. The molecule has 126 valence electrons. The molecule has 0 spiro atoms. The van der Waals surface area contributed by atoms with Gasteiger partial charge in [-0.05, 0) is 11.6 Å². The second-order valence-corrected chi connectivity index (χ2v) is 5.79. The van der Waals surface area contributed by atoms with Crippen LogP contribution in [0.2, 0.25) is 0 Å². The summed E-state index contributed by atoms with van der Waals surface area (Å²) < 4.78 is 5.40. The van der Waals surface area contributed by atoms with Crippen molar-refractivity contribution in [3.8, 4) is 0 Å². The largest absolute Gasteiger partial charge is 0.379 e. The molecule has 2 aromatic rings.